The number of rotatable bonds is 8. The van der Waals surface area contributed by atoms with Crippen LogP contribution in [0.25, 0.3) is 0 Å². The number of carbonyl (C=O) groups excluding carboxylic acids is 2. The lowest BCUT2D eigenvalue weighted by Gasteiger charge is -2.73. The maximum atomic E-state index is 14.4. The Morgan fingerprint density at radius 3 is 2.11 bits per heavy atom. The number of carboxylic acid groups (broad SMARTS) is 1. The number of hydrogen-bond acceptors (Lipinski definition) is 5. The number of carbonyl (C=O) groups is 3. The lowest BCUT2D eigenvalue weighted by atomic mass is 9.32. The number of carboxylic acids is 1. The van der Waals surface area contributed by atoms with Gasteiger partial charge < -0.3 is 19.6 Å². The summed E-state index contributed by atoms with van der Waals surface area (Å²) in [5.41, 5.74) is 0.686. The van der Waals surface area contributed by atoms with Gasteiger partial charge in [-0.3, -0.25) is 14.4 Å². The molecule has 7 rings (SSSR count). The van der Waals surface area contributed by atoms with Crippen molar-refractivity contribution in [2.24, 2.45) is 62.1 Å². The SMILES string of the molecule is C=C(C)[C@@H]1CC[C@]2(CC(=O)N3CCC(N4CCCCC4)CC3)CC[C@]3(C)[C@H](CC[C@@H]4[C@@]5(C)CC[C@H](OC(=O)CC(C)(C)C(=O)O)C(C)(C)[C@@H]5CC[C@]43C)[C@@H]12. The molecule has 2 heterocycles. The Morgan fingerprint density at radius 2 is 1.46 bits per heavy atom. The Bertz CT molecular complexity index is 1470. The minimum atomic E-state index is -1.14. The van der Waals surface area contributed by atoms with E-state index < -0.39 is 11.4 Å². The Morgan fingerprint density at radius 1 is 0.778 bits per heavy atom. The third-order valence-electron chi connectivity index (χ3n) is 18.8. The van der Waals surface area contributed by atoms with Crippen molar-refractivity contribution in [3.05, 3.63) is 12.2 Å². The van der Waals surface area contributed by atoms with Crippen molar-refractivity contribution in [3.63, 3.8) is 0 Å². The molecule has 0 aromatic rings. The molecule has 5 aliphatic carbocycles. The summed E-state index contributed by atoms with van der Waals surface area (Å²) in [4.78, 5) is 44.3. The predicted octanol–water partition coefficient (Wildman–Crippen LogP) is 9.92. The van der Waals surface area contributed by atoms with Crippen LogP contribution in [0.5, 0.6) is 0 Å². The van der Waals surface area contributed by atoms with E-state index in [1.807, 2.05) is 0 Å². The fraction of sp³-hybridized carbons (Fsp3) is 0.894. The van der Waals surface area contributed by atoms with Crippen molar-refractivity contribution in [1.82, 2.24) is 9.80 Å². The van der Waals surface area contributed by atoms with Gasteiger partial charge in [-0.15, -0.1) is 0 Å². The molecule has 7 fully saturated rings. The van der Waals surface area contributed by atoms with E-state index in [4.69, 9.17) is 4.74 Å². The molecule has 0 aromatic heterocycles. The maximum absolute atomic E-state index is 14.4. The monoisotopic (exact) mass is 749 g/mol. The first-order valence-corrected chi connectivity index (χ1v) is 22.4. The van der Waals surface area contributed by atoms with Crippen LogP contribution >= 0.6 is 0 Å². The maximum Gasteiger partial charge on any atom is 0.309 e. The van der Waals surface area contributed by atoms with Crippen molar-refractivity contribution in [3.8, 4) is 0 Å². The summed E-state index contributed by atoms with van der Waals surface area (Å²) < 4.78 is 6.21. The van der Waals surface area contributed by atoms with Crippen LogP contribution in [0.1, 0.15) is 165 Å². The fourth-order valence-corrected chi connectivity index (χ4v) is 15.6. The van der Waals surface area contributed by atoms with Crippen LogP contribution in [0.15, 0.2) is 12.2 Å². The molecule has 304 valence electrons. The summed E-state index contributed by atoms with van der Waals surface area (Å²) >= 11 is 0. The highest BCUT2D eigenvalue weighted by Gasteiger charge is 2.71. The van der Waals surface area contributed by atoms with Gasteiger partial charge in [0.1, 0.15) is 6.10 Å². The van der Waals surface area contributed by atoms with E-state index in [9.17, 15) is 19.5 Å². The standard InChI is InChI=1S/C47H76N2O5/c1-31(2)33-15-22-47(29-38(50)49-27-18-32(19-28-49)48-25-11-10-12-26-48)24-23-45(8)34(40(33)47)13-14-36-44(7)20-17-37(54-39(51)30-42(3,4)41(52)53)43(5,6)35(44)16-21-46(36,45)9/h32-37,40H,1,10-30H2,2-9H3,(H,52,53)/t33-,34+,35-,36+,37-,40+,44-,45+,46+,47+/m0/s1. The zero-order valence-corrected chi connectivity index (χ0v) is 35.6. The van der Waals surface area contributed by atoms with Gasteiger partial charge in [0.25, 0.3) is 0 Å². The largest absolute Gasteiger partial charge is 0.481 e. The Balaban J connectivity index is 1.08. The highest BCUT2D eigenvalue weighted by molar-refractivity contribution is 5.81. The molecule has 2 aliphatic heterocycles. The number of ether oxygens (including phenoxy) is 1. The predicted molar refractivity (Wildman–Crippen MR) is 215 cm³/mol. The molecule has 2 saturated heterocycles. The average Bonchev–Trinajstić information content (AvgIpc) is 3.49. The number of likely N-dealkylation sites (tertiary alicyclic amines) is 2. The molecule has 0 bridgehead atoms. The van der Waals surface area contributed by atoms with Gasteiger partial charge in [-0.2, -0.15) is 0 Å². The highest BCUT2D eigenvalue weighted by Crippen LogP contribution is 2.78. The van der Waals surface area contributed by atoms with E-state index in [0.29, 0.717) is 41.5 Å². The summed E-state index contributed by atoms with van der Waals surface area (Å²) in [5, 5.41) is 9.64. The van der Waals surface area contributed by atoms with Crippen molar-refractivity contribution < 1.29 is 24.2 Å². The second-order valence-electron chi connectivity index (χ2n) is 22.1. The molecule has 0 unspecified atom stereocenters. The molecule has 5 saturated carbocycles. The smallest absolute Gasteiger partial charge is 0.309 e. The zero-order chi connectivity index (χ0) is 39.1. The van der Waals surface area contributed by atoms with Crippen LogP contribution in [-0.4, -0.2) is 71.1 Å². The van der Waals surface area contributed by atoms with E-state index >= 15 is 0 Å². The number of esters is 1. The van der Waals surface area contributed by atoms with E-state index in [1.165, 1.54) is 82.9 Å². The number of amides is 1. The second-order valence-corrected chi connectivity index (χ2v) is 22.1. The third kappa shape index (κ3) is 6.43. The third-order valence-corrected chi connectivity index (χ3v) is 18.8. The molecule has 0 spiro atoms. The Kier molecular flexibility index (Phi) is 10.6. The molecule has 54 heavy (non-hydrogen) atoms. The van der Waals surface area contributed by atoms with Crippen LogP contribution in [0.2, 0.25) is 0 Å². The topological polar surface area (TPSA) is 87.2 Å². The summed E-state index contributed by atoms with van der Waals surface area (Å²) in [6.07, 6.45) is 18.2. The van der Waals surface area contributed by atoms with Gasteiger partial charge in [-0.25, -0.2) is 0 Å². The number of piperidine rings is 2. The molecule has 1 N–H and O–H groups in total. The van der Waals surface area contributed by atoms with Crippen molar-refractivity contribution in [1.29, 1.82) is 0 Å². The molecule has 7 aliphatic rings. The zero-order valence-electron chi connectivity index (χ0n) is 35.6. The first-order chi connectivity index (χ1) is 25.3. The summed E-state index contributed by atoms with van der Waals surface area (Å²) in [6, 6.07) is 0.662. The van der Waals surface area contributed by atoms with Crippen molar-refractivity contribution in [2.75, 3.05) is 26.2 Å². The molecule has 7 heteroatoms. The first-order valence-electron chi connectivity index (χ1n) is 22.4. The molecular weight excluding hydrogens is 673 g/mol. The van der Waals surface area contributed by atoms with Crippen LogP contribution in [0.4, 0.5) is 0 Å². The lowest BCUT2D eigenvalue weighted by Crippen LogP contribution is -2.67. The van der Waals surface area contributed by atoms with Gasteiger partial charge in [0.2, 0.25) is 5.91 Å². The quantitative estimate of drug-likeness (QED) is 0.197. The second kappa shape index (κ2) is 14.2. The van der Waals surface area contributed by atoms with E-state index in [0.717, 1.165) is 51.6 Å². The molecule has 1 amide bonds. The van der Waals surface area contributed by atoms with Gasteiger partial charge in [0.05, 0.1) is 11.8 Å². The van der Waals surface area contributed by atoms with E-state index in [1.54, 1.807) is 13.8 Å². The lowest BCUT2D eigenvalue weighted by molar-refractivity contribution is -0.250. The number of nitrogens with zero attached hydrogens (tertiary/aromatic N) is 2. The molecule has 10 atom stereocenters. The molecule has 0 aromatic carbocycles. The molecular formula is C47H76N2O5. The summed E-state index contributed by atoms with van der Waals surface area (Å²) in [5.74, 6) is 1.78. The Hall–Kier alpha value is -1.89. The average molecular weight is 749 g/mol. The number of fused-ring (bicyclic) bond motifs is 7. The van der Waals surface area contributed by atoms with Crippen LogP contribution in [0.3, 0.4) is 0 Å². The van der Waals surface area contributed by atoms with Crippen molar-refractivity contribution >= 4 is 17.8 Å². The highest BCUT2D eigenvalue weighted by atomic mass is 16.5. The van der Waals surface area contributed by atoms with Crippen LogP contribution in [-0.2, 0) is 19.1 Å². The van der Waals surface area contributed by atoms with Crippen molar-refractivity contribution in [2.45, 2.75) is 177 Å². The molecule has 0 radical (unpaired) electrons. The summed E-state index contributed by atoms with van der Waals surface area (Å²) in [6.45, 7) is 27.0. The minimum Gasteiger partial charge on any atom is -0.481 e. The first kappa shape index (κ1) is 40.3. The van der Waals surface area contributed by atoms with Gasteiger partial charge in [-0.05, 0) is 175 Å². The van der Waals surface area contributed by atoms with E-state index in [-0.39, 0.29) is 45.6 Å². The number of allylic oxidation sites excluding steroid dienone is 1. The summed E-state index contributed by atoms with van der Waals surface area (Å²) in [7, 11) is 0. The van der Waals surface area contributed by atoms with Crippen LogP contribution < -0.4 is 0 Å². The van der Waals surface area contributed by atoms with Gasteiger partial charge in [0.15, 0.2) is 0 Å². The Labute approximate surface area is 328 Å². The van der Waals surface area contributed by atoms with Gasteiger partial charge >= 0.3 is 11.9 Å². The van der Waals surface area contributed by atoms with Crippen LogP contribution in [0, 0.1) is 62.1 Å². The minimum absolute atomic E-state index is 0.0953. The van der Waals surface area contributed by atoms with Gasteiger partial charge in [-0.1, -0.05) is 53.2 Å². The molecule has 7 nitrogen and oxygen atoms in total. The van der Waals surface area contributed by atoms with Gasteiger partial charge in [0, 0.05) is 31.0 Å². The number of hydrogen-bond donors (Lipinski definition) is 1. The fourth-order valence-electron chi connectivity index (χ4n) is 15.6. The normalized spacial score (nSPS) is 42.6. The van der Waals surface area contributed by atoms with E-state index in [2.05, 4.69) is 57.9 Å². The number of aliphatic carboxylic acids is 1.